The van der Waals surface area contributed by atoms with Gasteiger partial charge < -0.3 is 25.6 Å². The Morgan fingerprint density at radius 3 is 2.50 bits per heavy atom. The van der Waals surface area contributed by atoms with Gasteiger partial charge in [-0.3, -0.25) is 9.59 Å². The van der Waals surface area contributed by atoms with Crippen LogP contribution in [0.1, 0.15) is 65.0 Å². The number of unbranched alkanes of at least 4 members (excludes halogenated alkanes) is 1. The van der Waals surface area contributed by atoms with Gasteiger partial charge in [-0.2, -0.15) is 0 Å². The topological polar surface area (TPSA) is 105 Å². The molecule has 3 atom stereocenters. The van der Waals surface area contributed by atoms with Gasteiger partial charge in [0.25, 0.3) is 0 Å². The molecule has 0 spiro atoms. The molecule has 2 rings (SSSR count). The summed E-state index contributed by atoms with van der Waals surface area (Å²) in [5, 5.41) is 2.91. The fraction of sp³-hybridized carbons (Fsp3) is 0.625. The van der Waals surface area contributed by atoms with Crippen molar-refractivity contribution in [3.63, 3.8) is 0 Å². The normalized spacial score (nSPS) is 19.4. The maximum absolute atomic E-state index is 13.3. The van der Waals surface area contributed by atoms with E-state index in [9.17, 15) is 14.4 Å². The first kappa shape index (κ1) is 25.6. The molecule has 0 saturated carbocycles. The summed E-state index contributed by atoms with van der Waals surface area (Å²) in [5.74, 6) is -0.380. The molecule has 32 heavy (non-hydrogen) atoms. The number of ether oxygens (including phenoxy) is 1. The fourth-order valence-electron chi connectivity index (χ4n) is 3.80. The van der Waals surface area contributed by atoms with E-state index in [1.165, 1.54) is 4.90 Å². The number of nitrogens with one attached hydrogen (secondary N) is 1. The summed E-state index contributed by atoms with van der Waals surface area (Å²) in [7, 11) is 1.63. The summed E-state index contributed by atoms with van der Waals surface area (Å²) in [6.45, 7) is 8.36. The van der Waals surface area contributed by atoms with Gasteiger partial charge in [0.1, 0.15) is 11.6 Å². The summed E-state index contributed by atoms with van der Waals surface area (Å²) in [4.78, 5) is 41.8. The number of nitrogens with zero attached hydrogens (tertiary/aromatic N) is 2. The summed E-state index contributed by atoms with van der Waals surface area (Å²) < 4.78 is 5.52. The Morgan fingerprint density at radius 1 is 1.25 bits per heavy atom. The Labute approximate surface area is 191 Å². The molecule has 1 heterocycles. The van der Waals surface area contributed by atoms with Crippen molar-refractivity contribution in [1.29, 1.82) is 0 Å². The molecule has 1 aliphatic rings. The highest BCUT2D eigenvalue weighted by atomic mass is 16.6. The monoisotopic (exact) mass is 446 g/mol. The van der Waals surface area contributed by atoms with Gasteiger partial charge in [-0.15, -0.1) is 0 Å². The van der Waals surface area contributed by atoms with Gasteiger partial charge in [-0.1, -0.05) is 43.7 Å². The number of carbonyl (C=O) groups is 3. The molecule has 8 heteroatoms. The van der Waals surface area contributed by atoms with Crippen LogP contribution in [-0.2, 0) is 14.3 Å². The van der Waals surface area contributed by atoms with Crippen LogP contribution in [-0.4, -0.2) is 65.5 Å². The van der Waals surface area contributed by atoms with Gasteiger partial charge in [0, 0.05) is 26.2 Å². The molecule has 0 bridgehead atoms. The minimum Gasteiger partial charge on any atom is -0.444 e. The highest BCUT2D eigenvalue weighted by Gasteiger charge is 2.39. The van der Waals surface area contributed by atoms with E-state index in [1.54, 1.807) is 32.7 Å². The highest BCUT2D eigenvalue weighted by molar-refractivity contribution is 5.89. The minimum atomic E-state index is -0.653. The predicted molar refractivity (Wildman–Crippen MR) is 124 cm³/mol. The third-order valence-electron chi connectivity index (χ3n) is 5.49. The van der Waals surface area contributed by atoms with E-state index >= 15 is 0 Å². The molecule has 1 aromatic rings. The van der Waals surface area contributed by atoms with Crippen molar-refractivity contribution in [3.8, 4) is 0 Å². The Balaban J connectivity index is 2.19. The Hall–Kier alpha value is -2.61. The number of hydrogen-bond acceptors (Lipinski definition) is 5. The average Bonchev–Trinajstić information content (AvgIpc) is 3.13. The molecule has 0 aliphatic carbocycles. The summed E-state index contributed by atoms with van der Waals surface area (Å²) in [5.41, 5.74) is 6.28. The van der Waals surface area contributed by atoms with Crippen LogP contribution in [0.4, 0.5) is 4.79 Å². The van der Waals surface area contributed by atoms with Crippen LogP contribution in [0, 0.1) is 0 Å². The summed E-state index contributed by atoms with van der Waals surface area (Å²) in [6.07, 6.45) is 1.82. The lowest BCUT2D eigenvalue weighted by molar-refractivity contribution is -0.139. The molecule has 0 aromatic heterocycles. The Kier molecular flexibility index (Phi) is 9.07. The van der Waals surface area contributed by atoms with E-state index in [0.29, 0.717) is 19.5 Å². The van der Waals surface area contributed by atoms with Gasteiger partial charge in [-0.25, -0.2) is 4.79 Å². The first-order valence-corrected chi connectivity index (χ1v) is 11.4. The van der Waals surface area contributed by atoms with Gasteiger partial charge in [-0.05, 0) is 39.2 Å². The zero-order chi connectivity index (χ0) is 23.9. The van der Waals surface area contributed by atoms with Crippen molar-refractivity contribution in [1.82, 2.24) is 15.1 Å². The van der Waals surface area contributed by atoms with Crippen molar-refractivity contribution in [2.24, 2.45) is 5.73 Å². The zero-order valence-corrected chi connectivity index (χ0v) is 20.0. The molecular formula is C24H38N4O4. The second-order valence-electron chi connectivity index (χ2n) is 9.42. The average molecular weight is 447 g/mol. The molecule has 1 aliphatic heterocycles. The lowest BCUT2D eigenvalue weighted by Gasteiger charge is -2.32. The van der Waals surface area contributed by atoms with E-state index in [4.69, 9.17) is 10.5 Å². The molecule has 8 nitrogen and oxygen atoms in total. The van der Waals surface area contributed by atoms with Crippen LogP contribution in [0.25, 0.3) is 0 Å². The van der Waals surface area contributed by atoms with Gasteiger partial charge >= 0.3 is 6.09 Å². The molecular weight excluding hydrogens is 408 g/mol. The van der Waals surface area contributed by atoms with E-state index in [1.807, 2.05) is 30.3 Å². The van der Waals surface area contributed by atoms with E-state index in [2.05, 4.69) is 12.2 Å². The molecule has 3 amide bonds. The molecule has 3 N–H and O–H groups in total. The fourth-order valence-corrected chi connectivity index (χ4v) is 3.80. The molecule has 0 unspecified atom stereocenters. The number of benzene rings is 1. The highest BCUT2D eigenvalue weighted by Crippen LogP contribution is 2.28. The summed E-state index contributed by atoms with van der Waals surface area (Å²) in [6, 6.07) is 8.01. The van der Waals surface area contributed by atoms with Gasteiger partial charge in [0.2, 0.25) is 11.8 Å². The second kappa shape index (κ2) is 11.3. The van der Waals surface area contributed by atoms with Crippen LogP contribution in [0.5, 0.6) is 0 Å². The zero-order valence-electron chi connectivity index (χ0n) is 20.0. The third-order valence-corrected chi connectivity index (χ3v) is 5.49. The lowest BCUT2D eigenvalue weighted by Crippen LogP contribution is -2.47. The van der Waals surface area contributed by atoms with Crippen molar-refractivity contribution in [3.05, 3.63) is 35.9 Å². The van der Waals surface area contributed by atoms with Crippen LogP contribution in [0.15, 0.2) is 30.3 Å². The van der Waals surface area contributed by atoms with Crippen LogP contribution in [0.3, 0.4) is 0 Å². The van der Waals surface area contributed by atoms with Gasteiger partial charge in [0.05, 0.1) is 12.5 Å². The maximum Gasteiger partial charge on any atom is 0.410 e. The molecule has 1 saturated heterocycles. The molecule has 0 radical (unpaired) electrons. The number of hydrogen-bond donors (Lipinski definition) is 2. The SMILES string of the molecule is CCCCNC(=O)[C@@H]1C[C@H](N)CN1C(=O)C[C@H](c1ccccc1)N(C)C(=O)OC(C)(C)C. The number of carbonyl (C=O) groups excluding carboxylic acids is 3. The quantitative estimate of drug-likeness (QED) is 0.598. The lowest BCUT2D eigenvalue weighted by atomic mass is 10.0. The first-order chi connectivity index (χ1) is 15.0. The first-order valence-electron chi connectivity index (χ1n) is 11.4. The third kappa shape index (κ3) is 7.22. The molecule has 1 fully saturated rings. The Bertz CT molecular complexity index is 778. The number of rotatable bonds is 8. The van der Waals surface area contributed by atoms with Gasteiger partial charge in [0.15, 0.2) is 0 Å². The molecule has 1 aromatic carbocycles. The number of nitrogens with two attached hydrogens (primary N) is 1. The van der Waals surface area contributed by atoms with Crippen LogP contribution < -0.4 is 11.1 Å². The standard InChI is InChI=1S/C24H38N4O4/c1-6-7-13-26-22(30)20-14-18(25)16-28(20)21(29)15-19(17-11-9-8-10-12-17)27(5)23(31)32-24(2,3)4/h8-12,18-20H,6-7,13-16,25H2,1-5H3,(H,26,30)/t18-,19+,20-/m0/s1. The molecule has 178 valence electrons. The van der Waals surface area contributed by atoms with E-state index < -0.39 is 23.8 Å². The van der Waals surface area contributed by atoms with Crippen molar-refractivity contribution in [2.45, 2.75) is 77.1 Å². The second-order valence-corrected chi connectivity index (χ2v) is 9.42. The largest absolute Gasteiger partial charge is 0.444 e. The summed E-state index contributed by atoms with van der Waals surface area (Å²) >= 11 is 0. The van der Waals surface area contributed by atoms with Crippen LogP contribution in [0.2, 0.25) is 0 Å². The predicted octanol–water partition coefficient (Wildman–Crippen LogP) is 2.83. The van der Waals surface area contributed by atoms with Crippen molar-refractivity contribution in [2.75, 3.05) is 20.1 Å². The number of likely N-dealkylation sites (tertiary alicyclic amines) is 1. The Morgan fingerprint density at radius 2 is 1.91 bits per heavy atom. The van der Waals surface area contributed by atoms with E-state index in [0.717, 1.165) is 18.4 Å². The number of amides is 3. The minimum absolute atomic E-state index is 0.0330. The van der Waals surface area contributed by atoms with Crippen molar-refractivity contribution >= 4 is 17.9 Å². The van der Waals surface area contributed by atoms with Crippen LogP contribution >= 0.6 is 0 Å². The maximum atomic E-state index is 13.3. The van der Waals surface area contributed by atoms with E-state index in [-0.39, 0.29) is 24.3 Å². The van der Waals surface area contributed by atoms with Crippen molar-refractivity contribution < 1.29 is 19.1 Å². The smallest absolute Gasteiger partial charge is 0.410 e.